The lowest BCUT2D eigenvalue weighted by Gasteiger charge is -2.29. The van der Waals surface area contributed by atoms with E-state index in [4.69, 9.17) is 13.3 Å². The van der Waals surface area contributed by atoms with Gasteiger partial charge < -0.3 is 13.3 Å². The van der Waals surface area contributed by atoms with Crippen LogP contribution < -0.4 is 27.0 Å². The predicted octanol–water partition coefficient (Wildman–Crippen LogP) is 34.1. The van der Waals surface area contributed by atoms with Crippen molar-refractivity contribution in [3.05, 3.63) is 253 Å². The molecule has 0 bridgehead atoms. The highest BCUT2D eigenvalue weighted by Gasteiger charge is 2.45. The zero-order valence-electron chi connectivity index (χ0n) is 66.5. The van der Waals surface area contributed by atoms with E-state index in [0.29, 0.717) is 19.8 Å². The predicted molar refractivity (Wildman–Crippen MR) is 566 cm³/mol. The van der Waals surface area contributed by atoms with E-state index in [2.05, 4.69) is 295 Å². The lowest BCUT2D eigenvalue weighted by Crippen LogP contribution is -2.58. The van der Waals surface area contributed by atoms with Crippen LogP contribution in [0.2, 0.25) is 18.1 Å². The third kappa shape index (κ3) is 16.7. The normalized spacial score (nSPS) is 13.5. The van der Waals surface area contributed by atoms with E-state index < -0.39 is 25.0 Å². The minimum atomic E-state index is -2.58. The highest BCUT2D eigenvalue weighted by Crippen LogP contribution is 2.51. The first-order chi connectivity index (χ1) is 59.5. The van der Waals surface area contributed by atoms with Gasteiger partial charge in [-0.3, -0.25) is 0 Å². The van der Waals surface area contributed by atoms with Gasteiger partial charge in [-0.1, -0.05) is 52.2 Å². The van der Waals surface area contributed by atoms with E-state index in [9.17, 15) is 0 Å². The van der Waals surface area contributed by atoms with Crippen LogP contribution in [0, 0.1) is 0 Å². The van der Waals surface area contributed by atoms with E-state index in [1.54, 1.807) is 0 Å². The van der Waals surface area contributed by atoms with E-state index in [1.807, 2.05) is 227 Å². The molecule has 0 radical (unpaired) electrons. The molecule has 0 spiro atoms. The van der Waals surface area contributed by atoms with Gasteiger partial charge in [0.05, 0.1) is 0 Å². The van der Waals surface area contributed by atoms with Crippen molar-refractivity contribution in [2.75, 3.05) is 19.8 Å². The summed E-state index contributed by atoms with van der Waals surface area (Å²) in [7, 11) is -7.64. The molecule has 0 N–H and O–H groups in total. The Morgan fingerprint density at radius 3 is 0.421 bits per heavy atom. The standard InChI is InChI=1S/C95H78O3S20Si3/c1-7-55-119(96-10-4,90-47-41-84(113-90)78-35-29-72(107-78)66-23-21-64(103-66)62-19-17-60(101-62)58-15-13-53-99-58)92-49-43-86(115-92)80-37-31-74(109-80)68-25-27-70(105-68)76-33-39-82(111-76)88-45-51-94(117-88)121(57-9-3,98-12-6)95-52-46-89(118-95)83-40-34-77(112-83)71-28-26-69(106-71)75-32-38-81(110-75)87-44-50-93(116-87)120(56-8-2,97-11-5)91-48-42-85(114-91)79-36-30-73(108-79)67-24-22-65(104-67)63-20-18-61(102-63)59-16-14-54-100-59/h13-54H,7-12,55-57H2,1-6H3. The summed E-state index contributed by atoms with van der Waals surface area (Å²) in [5, 5.41) is 4.32. The van der Waals surface area contributed by atoms with Crippen molar-refractivity contribution in [1.82, 2.24) is 0 Å². The molecule has 0 aliphatic rings. The number of hydrogen-bond donors (Lipinski definition) is 0. The smallest absolute Gasteiger partial charge is 0.275 e. The Morgan fingerprint density at radius 1 is 0.165 bits per heavy atom. The minimum Gasteiger partial charge on any atom is -0.407 e. The molecular weight excluding hydrogens is 1910 g/mol. The van der Waals surface area contributed by atoms with Crippen LogP contribution in [0.1, 0.15) is 60.8 Å². The van der Waals surface area contributed by atoms with Gasteiger partial charge in [0, 0.05) is 203 Å². The fraction of sp³-hybridized carbons (Fsp3) is 0.158. The van der Waals surface area contributed by atoms with Crippen molar-refractivity contribution in [3.8, 4) is 156 Å². The second-order valence-electron chi connectivity index (χ2n) is 28.9. The highest BCUT2D eigenvalue weighted by atomic mass is 32.2. The maximum absolute atomic E-state index is 7.20. The molecular formula is C95H78O3S20Si3. The van der Waals surface area contributed by atoms with Crippen LogP contribution in [-0.4, -0.2) is 44.8 Å². The maximum Gasteiger partial charge on any atom is 0.275 e. The number of hydrogen-bond acceptors (Lipinski definition) is 23. The molecule has 26 heteroatoms. The summed E-state index contributed by atoms with van der Waals surface area (Å²) in [6, 6.07) is 96.1. The summed E-state index contributed by atoms with van der Waals surface area (Å²) in [5.74, 6) is 0. The van der Waals surface area contributed by atoms with Gasteiger partial charge in [0.2, 0.25) is 0 Å². The lowest BCUT2D eigenvalue weighted by molar-refractivity contribution is 0.338. The Morgan fingerprint density at radius 2 is 0.298 bits per heavy atom. The average molecular weight is 1990 g/mol. The molecule has 3 nitrogen and oxygen atoms in total. The van der Waals surface area contributed by atoms with Gasteiger partial charge in [-0.2, -0.15) is 0 Å². The van der Waals surface area contributed by atoms with Crippen molar-refractivity contribution >= 4 is 279 Å². The van der Waals surface area contributed by atoms with Gasteiger partial charge in [0.1, 0.15) is 0 Å². The van der Waals surface area contributed by atoms with Crippen LogP contribution in [0.15, 0.2) is 253 Å². The average Bonchev–Trinajstić information content (AvgIpc) is 1.57. The molecule has 0 aliphatic carbocycles. The molecule has 121 heavy (non-hydrogen) atoms. The molecule has 20 heterocycles. The van der Waals surface area contributed by atoms with Gasteiger partial charge in [-0.25, -0.2) is 0 Å². The molecule has 2 unspecified atom stereocenters. The third-order valence-corrected chi connectivity index (χ3v) is 64.0. The summed E-state index contributed by atoms with van der Waals surface area (Å²) in [5.41, 5.74) is 0. The fourth-order valence-corrected chi connectivity index (χ4v) is 55.9. The Labute approximate surface area is 790 Å². The number of thiophene rings is 20. The summed E-state index contributed by atoms with van der Waals surface area (Å²) in [4.78, 5) is 42.4. The molecule has 20 rings (SSSR count). The molecule has 20 aromatic heterocycles. The molecule has 0 saturated heterocycles. The molecule has 0 aliphatic heterocycles. The van der Waals surface area contributed by atoms with Gasteiger partial charge in [-0.05, 0) is 280 Å². The van der Waals surface area contributed by atoms with Crippen molar-refractivity contribution in [2.24, 2.45) is 0 Å². The second-order valence-corrected chi connectivity index (χ2v) is 63.1. The fourth-order valence-electron chi connectivity index (χ4n) is 15.7. The van der Waals surface area contributed by atoms with E-state index in [0.717, 1.165) is 37.4 Å². The van der Waals surface area contributed by atoms with Crippen LogP contribution in [0.3, 0.4) is 0 Å². The second kappa shape index (κ2) is 36.7. The van der Waals surface area contributed by atoms with E-state index >= 15 is 0 Å². The molecule has 20 aromatic rings. The lowest BCUT2D eigenvalue weighted by atomic mass is 10.3. The van der Waals surface area contributed by atoms with Crippen LogP contribution in [0.4, 0.5) is 0 Å². The molecule has 0 amide bonds. The molecule has 2 atom stereocenters. The topological polar surface area (TPSA) is 27.7 Å². The Balaban J connectivity index is 0.481. The minimum absolute atomic E-state index is 0.688. The van der Waals surface area contributed by atoms with Crippen molar-refractivity contribution in [2.45, 2.75) is 78.9 Å². The van der Waals surface area contributed by atoms with Crippen molar-refractivity contribution in [3.63, 3.8) is 0 Å². The highest BCUT2D eigenvalue weighted by molar-refractivity contribution is 7.42. The van der Waals surface area contributed by atoms with Gasteiger partial charge in [0.25, 0.3) is 25.0 Å². The first kappa shape index (κ1) is 83.7. The van der Waals surface area contributed by atoms with Crippen molar-refractivity contribution < 1.29 is 13.3 Å². The zero-order chi connectivity index (χ0) is 81.8. The number of rotatable bonds is 34. The molecule has 0 saturated carbocycles. The van der Waals surface area contributed by atoms with Crippen molar-refractivity contribution in [1.29, 1.82) is 0 Å². The molecule has 0 aromatic carbocycles. The molecule has 608 valence electrons. The quantitative estimate of drug-likeness (QED) is 0.0376. The monoisotopic (exact) mass is 1990 g/mol. The summed E-state index contributed by atoms with van der Waals surface area (Å²) in [6.07, 6.45) is 3.21. The summed E-state index contributed by atoms with van der Waals surface area (Å²) in [6.45, 7) is 15.6. The maximum atomic E-state index is 7.20. The van der Waals surface area contributed by atoms with Gasteiger partial charge >= 0.3 is 0 Å². The van der Waals surface area contributed by atoms with Gasteiger partial charge in [0.15, 0.2) is 0 Å². The van der Waals surface area contributed by atoms with Crippen LogP contribution in [0.25, 0.3) is 156 Å². The summed E-state index contributed by atoms with van der Waals surface area (Å²) >= 11 is 38.2. The SMILES string of the molecule is CCC[Si](OCC)(c1ccc(-c2ccc(-c3ccc(-c4ccc(-c5cccs5)s4)s3)s2)s1)c1ccc(-c2ccc(-c3ccc(-c4ccc(-c5ccc([Si](CCC)(OCC)c6ccc(-c7ccc(-c8ccc(-c9ccc(-c%10ccc([Si](CCC)(OCC)c%11ccc(-c%12ccc(-c%13ccc(-c%14ccc(-c%15cccs%15)s%14)s%13)s%12)s%11)s%10)s9)s8)s7)s6)s5)s4)s3)s2)s1. The van der Waals surface area contributed by atoms with E-state index in [-0.39, 0.29) is 0 Å². The van der Waals surface area contributed by atoms with E-state index in [1.165, 1.54) is 183 Å². The summed E-state index contributed by atoms with van der Waals surface area (Å²) < 4.78 is 29.9. The Bertz CT molecular complexity index is 6440. The first-order valence-corrected chi connectivity index (χ1v) is 63.1. The molecule has 0 fully saturated rings. The van der Waals surface area contributed by atoms with Gasteiger partial charge in [-0.15, -0.1) is 227 Å². The zero-order valence-corrected chi connectivity index (χ0v) is 85.8. The van der Waals surface area contributed by atoms with Crippen LogP contribution >= 0.6 is 227 Å². The van der Waals surface area contributed by atoms with Crippen LogP contribution in [0.5, 0.6) is 0 Å². The van der Waals surface area contributed by atoms with Crippen LogP contribution in [-0.2, 0) is 13.3 Å². The Hall–Kier alpha value is -5.47. The Kier molecular flexibility index (Phi) is 25.4. The third-order valence-electron chi connectivity index (χ3n) is 21.2. The first-order valence-electron chi connectivity index (χ1n) is 40.3. The largest absolute Gasteiger partial charge is 0.407 e.